The zero-order valence-electron chi connectivity index (χ0n) is 21.8. The quantitative estimate of drug-likeness (QED) is 0.265. The van der Waals surface area contributed by atoms with E-state index in [1.807, 2.05) is 42.5 Å². The van der Waals surface area contributed by atoms with Gasteiger partial charge in [-0.2, -0.15) is 0 Å². The molecular formula is C30H38O4S. The summed E-state index contributed by atoms with van der Waals surface area (Å²) in [4.78, 5) is 0.629. The van der Waals surface area contributed by atoms with Crippen molar-refractivity contribution in [2.24, 2.45) is 5.92 Å². The molecule has 3 aromatic rings. The van der Waals surface area contributed by atoms with E-state index in [1.165, 1.54) is 16.7 Å². The van der Waals surface area contributed by atoms with E-state index in [4.69, 9.17) is 13.7 Å². The maximum atomic E-state index is 13.1. The molecule has 2 unspecified atom stereocenters. The van der Waals surface area contributed by atoms with Gasteiger partial charge in [0.05, 0.1) is 19.1 Å². The highest BCUT2D eigenvalue weighted by Crippen LogP contribution is 2.39. The molecule has 0 aliphatic rings. The van der Waals surface area contributed by atoms with Crippen molar-refractivity contribution >= 4 is 11.1 Å². The Balaban J connectivity index is 2.02. The number of ether oxygens (including phenoxy) is 2. The van der Waals surface area contributed by atoms with Crippen molar-refractivity contribution in [1.82, 2.24) is 0 Å². The summed E-state index contributed by atoms with van der Waals surface area (Å²) >= 11 is -1.64. The molecule has 0 saturated heterocycles. The molecule has 0 N–H and O–H groups in total. The molecule has 3 aromatic carbocycles. The molecule has 0 heterocycles. The third kappa shape index (κ3) is 6.88. The fourth-order valence-electron chi connectivity index (χ4n) is 4.47. The van der Waals surface area contributed by atoms with E-state index in [9.17, 15) is 4.21 Å². The van der Waals surface area contributed by atoms with Gasteiger partial charge in [-0.05, 0) is 78.1 Å². The summed E-state index contributed by atoms with van der Waals surface area (Å²) in [5.41, 5.74) is 4.93. The van der Waals surface area contributed by atoms with Crippen LogP contribution in [0, 0.1) is 5.92 Å². The van der Waals surface area contributed by atoms with Crippen molar-refractivity contribution in [3.63, 3.8) is 0 Å². The van der Waals surface area contributed by atoms with Crippen molar-refractivity contribution in [2.45, 2.75) is 64.2 Å². The molecule has 0 fully saturated rings. The smallest absolute Gasteiger partial charge is 0.240 e. The maximum Gasteiger partial charge on any atom is 0.240 e. The van der Waals surface area contributed by atoms with Crippen LogP contribution in [0.2, 0.25) is 0 Å². The Labute approximate surface area is 213 Å². The second-order valence-electron chi connectivity index (χ2n) is 9.38. The number of aryl methyl sites for hydroxylation is 1. The van der Waals surface area contributed by atoms with Crippen LogP contribution in [0.15, 0.2) is 65.6 Å². The van der Waals surface area contributed by atoms with Gasteiger partial charge in [-0.15, -0.1) is 0 Å². The summed E-state index contributed by atoms with van der Waals surface area (Å²) in [5.74, 6) is 2.74. The Morgan fingerprint density at radius 3 is 2.20 bits per heavy atom. The molecule has 0 amide bonds. The second-order valence-corrected chi connectivity index (χ2v) is 10.5. The Morgan fingerprint density at radius 1 is 0.857 bits per heavy atom. The number of hydrogen-bond acceptors (Lipinski definition) is 4. The van der Waals surface area contributed by atoms with Crippen LogP contribution in [0.5, 0.6) is 17.2 Å². The van der Waals surface area contributed by atoms with Crippen LogP contribution >= 0.6 is 0 Å². The van der Waals surface area contributed by atoms with Crippen molar-refractivity contribution in [3.8, 4) is 17.2 Å². The Hall–Kier alpha value is -2.79. The van der Waals surface area contributed by atoms with Crippen molar-refractivity contribution < 1.29 is 17.9 Å². The van der Waals surface area contributed by atoms with Crippen molar-refractivity contribution in [2.75, 3.05) is 14.2 Å². The van der Waals surface area contributed by atoms with Crippen LogP contribution < -0.4 is 13.7 Å². The first-order valence-corrected chi connectivity index (χ1v) is 13.5. The summed E-state index contributed by atoms with van der Waals surface area (Å²) in [7, 11) is 3.34. The summed E-state index contributed by atoms with van der Waals surface area (Å²) in [5, 5.41) is 0. The van der Waals surface area contributed by atoms with Gasteiger partial charge in [-0.25, -0.2) is 4.21 Å². The van der Waals surface area contributed by atoms with Gasteiger partial charge in [-0.1, -0.05) is 64.4 Å². The van der Waals surface area contributed by atoms with Gasteiger partial charge in [0.15, 0.2) is 11.5 Å². The molecule has 2 atom stereocenters. The van der Waals surface area contributed by atoms with Crippen LogP contribution in [0.25, 0.3) is 0 Å². The zero-order chi connectivity index (χ0) is 25.4. The SMILES string of the molecule is CCCc1ccc(OC)cc1C(C)Cc1ccc(OC)c(OS(=O)c2ccccc2)c1CC(C)C. The Bertz CT molecular complexity index is 1120. The summed E-state index contributed by atoms with van der Waals surface area (Å²) < 4.78 is 30.4. The summed E-state index contributed by atoms with van der Waals surface area (Å²) in [6.07, 6.45) is 3.77. The lowest BCUT2D eigenvalue weighted by molar-refractivity contribution is 0.393. The van der Waals surface area contributed by atoms with E-state index in [0.29, 0.717) is 22.3 Å². The fourth-order valence-corrected chi connectivity index (χ4v) is 5.28. The first-order valence-electron chi connectivity index (χ1n) is 12.4. The second kappa shape index (κ2) is 12.8. The highest BCUT2D eigenvalue weighted by Gasteiger charge is 2.22. The minimum atomic E-state index is -1.64. The third-order valence-electron chi connectivity index (χ3n) is 6.18. The van der Waals surface area contributed by atoms with Crippen LogP contribution in [0.3, 0.4) is 0 Å². The number of benzene rings is 3. The molecule has 0 aromatic heterocycles. The predicted molar refractivity (Wildman–Crippen MR) is 144 cm³/mol. The minimum Gasteiger partial charge on any atom is -0.497 e. The van der Waals surface area contributed by atoms with Crippen molar-refractivity contribution in [1.29, 1.82) is 0 Å². The normalized spacial score (nSPS) is 12.9. The largest absolute Gasteiger partial charge is 0.497 e. The topological polar surface area (TPSA) is 44.8 Å². The summed E-state index contributed by atoms with van der Waals surface area (Å²) in [6.45, 7) is 8.84. The van der Waals surface area contributed by atoms with Gasteiger partial charge in [0.1, 0.15) is 5.75 Å². The number of methoxy groups -OCH3 is 2. The van der Waals surface area contributed by atoms with Crippen LogP contribution in [0.1, 0.15) is 62.3 Å². The number of hydrogen-bond donors (Lipinski definition) is 0. The molecule has 4 nitrogen and oxygen atoms in total. The fraction of sp³-hybridized carbons (Fsp3) is 0.400. The van der Waals surface area contributed by atoms with Gasteiger partial charge >= 0.3 is 0 Å². The maximum absolute atomic E-state index is 13.1. The molecule has 3 rings (SSSR count). The lowest BCUT2D eigenvalue weighted by atomic mass is 9.85. The van der Waals surface area contributed by atoms with E-state index < -0.39 is 11.1 Å². The van der Waals surface area contributed by atoms with Gasteiger partial charge < -0.3 is 13.7 Å². The first-order chi connectivity index (χ1) is 16.9. The molecule has 0 aliphatic heterocycles. The predicted octanol–water partition coefficient (Wildman–Crippen LogP) is 7.30. The van der Waals surface area contributed by atoms with Gasteiger partial charge in [0.25, 0.3) is 0 Å². The Morgan fingerprint density at radius 2 is 1.57 bits per heavy atom. The monoisotopic (exact) mass is 494 g/mol. The van der Waals surface area contributed by atoms with E-state index in [2.05, 4.69) is 45.9 Å². The highest BCUT2D eigenvalue weighted by molar-refractivity contribution is 7.80. The molecule has 35 heavy (non-hydrogen) atoms. The molecule has 0 radical (unpaired) electrons. The molecule has 0 spiro atoms. The van der Waals surface area contributed by atoms with E-state index in [-0.39, 0.29) is 5.92 Å². The third-order valence-corrected chi connectivity index (χ3v) is 7.15. The van der Waals surface area contributed by atoms with E-state index in [1.54, 1.807) is 14.2 Å². The van der Waals surface area contributed by atoms with Crippen molar-refractivity contribution in [3.05, 3.63) is 82.9 Å². The van der Waals surface area contributed by atoms with Gasteiger partial charge in [0, 0.05) is 5.56 Å². The van der Waals surface area contributed by atoms with Crippen LogP contribution in [0.4, 0.5) is 0 Å². The first kappa shape index (κ1) is 26.8. The number of rotatable bonds is 12. The standard InChI is InChI=1S/C30H38O4S/c1-7-11-23-14-16-25(32-5)20-27(23)22(4)19-24-15-17-29(33-6)30(28(24)18-21(2)3)34-35(31)26-12-9-8-10-13-26/h8-10,12-17,20-22H,7,11,18-19H2,1-6H3. The minimum absolute atomic E-state index is 0.276. The molecule has 0 bridgehead atoms. The molecule has 0 saturated carbocycles. The molecule has 188 valence electrons. The highest BCUT2D eigenvalue weighted by atomic mass is 32.2. The lowest BCUT2D eigenvalue weighted by Gasteiger charge is -2.22. The van der Waals surface area contributed by atoms with Crippen LogP contribution in [-0.2, 0) is 30.3 Å². The van der Waals surface area contributed by atoms with E-state index >= 15 is 0 Å². The van der Waals surface area contributed by atoms with Crippen LogP contribution in [-0.4, -0.2) is 18.4 Å². The van der Waals surface area contributed by atoms with Gasteiger partial charge in [0.2, 0.25) is 11.1 Å². The lowest BCUT2D eigenvalue weighted by Crippen LogP contribution is -2.11. The summed E-state index contributed by atoms with van der Waals surface area (Å²) in [6, 6.07) is 19.7. The molecular weight excluding hydrogens is 456 g/mol. The zero-order valence-corrected chi connectivity index (χ0v) is 22.6. The van der Waals surface area contributed by atoms with Gasteiger partial charge in [-0.3, -0.25) is 0 Å². The average Bonchev–Trinajstić information content (AvgIpc) is 2.86. The Kier molecular flexibility index (Phi) is 9.79. The average molecular weight is 495 g/mol. The molecule has 5 heteroatoms. The molecule has 0 aliphatic carbocycles. The van der Waals surface area contributed by atoms with E-state index in [0.717, 1.165) is 37.0 Å².